The summed E-state index contributed by atoms with van der Waals surface area (Å²) in [5.41, 5.74) is 6.51. The summed E-state index contributed by atoms with van der Waals surface area (Å²) in [6.45, 7) is 0.462. The third kappa shape index (κ3) is 4.89. The van der Waals surface area contributed by atoms with Crippen molar-refractivity contribution in [3.8, 4) is 5.75 Å². The van der Waals surface area contributed by atoms with E-state index in [9.17, 15) is 8.78 Å². The van der Waals surface area contributed by atoms with E-state index < -0.39 is 6.61 Å². The number of benzene rings is 1. The van der Waals surface area contributed by atoms with Crippen LogP contribution in [0, 0.1) is 5.92 Å². The maximum absolute atomic E-state index is 12.3. The Morgan fingerprint density at radius 2 is 2.10 bits per heavy atom. The van der Waals surface area contributed by atoms with Crippen molar-refractivity contribution in [1.29, 1.82) is 0 Å². The second kappa shape index (κ2) is 8.39. The molecule has 0 radical (unpaired) electrons. The van der Waals surface area contributed by atoms with E-state index in [-0.39, 0.29) is 18.2 Å². The normalized spacial score (nSPS) is 19.7. The van der Waals surface area contributed by atoms with Crippen LogP contribution in [-0.2, 0) is 6.54 Å². The van der Waals surface area contributed by atoms with E-state index >= 15 is 0 Å². The predicted octanol–water partition coefficient (Wildman–Crippen LogP) is 2.88. The van der Waals surface area contributed by atoms with Crippen molar-refractivity contribution in [2.45, 2.75) is 26.0 Å². The van der Waals surface area contributed by atoms with Gasteiger partial charge in [-0.2, -0.15) is 8.78 Å². The summed E-state index contributed by atoms with van der Waals surface area (Å²) < 4.78 is 29.2. The first-order valence-electron chi connectivity index (χ1n) is 6.64. The summed E-state index contributed by atoms with van der Waals surface area (Å²) in [4.78, 5) is 2.26. The standard InChI is InChI=1S/C14H20F2N2O.ClH/c15-14(16)19-13-6-2-1-5-12(13)10-18-7-3-4-11(8-17)9-18;/h1-2,5-6,11,14H,3-4,7-10,17H2;1H. The fraction of sp³-hybridized carbons (Fsp3) is 0.571. The maximum atomic E-state index is 12.3. The van der Waals surface area contributed by atoms with Gasteiger partial charge in [0.15, 0.2) is 0 Å². The van der Waals surface area contributed by atoms with E-state index in [4.69, 9.17) is 5.73 Å². The number of nitrogens with two attached hydrogens (primary N) is 1. The molecule has 6 heteroatoms. The predicted molar refractivity (Wildman–Crippen MR) is 77.4 cm³/mol. The van der Waals surface area contributed by atoms with Crippen LogP contribution in [0.5, 0.6) is 5.75 Å². The van der Waals surface area contributed by atoms with Crippen LogP contribution < -0.4 is 10.5 Å². The molecule has 1 aromatic carbocycles. The lowest BCUT2D eigenvalue weighted by molar-refractivity contribution is -0.0508. The lowest BCUT2D eigenvalue weighted by Gasteiger charge is -2.32. The minimum absolute atomic E-state index is 0. The second-order valence-electron chi connectivity index (χ2n) is 4.97. The Morgan fingerprint density at radius 1 is 1.35 bits per heavy atom. The van der Waals surface area contributed by atoms with Crippen LogP contribution in [0.1, 0.15) is 18.4 Å². The van der Waals surface area contributed by atoms with Gasteiger partial charge >= 0.3 is 6.61 Å². The monoisotopic (exact) mass is 306 g/mol. The Bertz CT molecular complexity index is 407. The topological polar surface area (TPSA) is 38.5 Å². The fourth-order valence-electron chi connectivity index (χ4n) is 2.57. The number of rotatable bonds is 5. The molecule has 0 spiro atoms. The molecule has 2 N–H and O–H groups in total. The average Bonchev–Trinajstić information content (AvgIpc) is 2.41. The highest BCUT2D eigenvalue weighted by molar-refractivity contribution is 5.85. The van der Waals surface area contributed by atoms with Gasteiger partial charge in [0.25, 0.3) is 0 Å². The number of piperidine rings is 1. The van der Waals surface area contributed by atoms with Gasteiger partial charge in [-0.15, -0.1) is 12.4 Å². The minimum atomic E-state index is -2.78. The molecule has 1 unspecified atom stereocenters. The quantitative estimate of drug-likeness (QED) is 0.909. The van der Waals surface area contributed by atoms with Crippen LogP contribution in [0.3, 0.4) is 0 Å². The number of halogens is 3. The van der Waals surface area contributed by atoms with Gasteiger partial charge in [-0.3, -0.25) is 4.90 Å². The first kappa shape index (κ1) is 17.1. The van der Waals surface area contributed by atoms with Gasteiger partial charge in [0.05, 0.1) is 0 Å². The molecule has 1 aliphatic rings. The molecule has 20 heavy (non-hydrogen) atoms. The molecule has 2 rings (SSSR count). The lowest BCUT2D eigenvalue weighted by Crippen LogP contribution is -2.37. The molecule has 1 aliphatic heterocycles. The van der Waals surface area contributed by atoms with Crippen molar-refractivity contribution in [3.63, 3.8) is 0 Å². The van der Waals surface area contributed by atoms with Crippen LogP contribution in [0.15, 0.2) is 24.3 Å². The van der Waals surface area contributed by atoms with Gasteiger partial charge < -0.3 is 10.5 Å². The smallest absolute Gasteiger partial charge is 0.387 e. The average molecular weight is 307 g/mol. The molecule has 0 amide bonds. The highest BCUT2D eigenvalue weighted by Gasteiger charge is 2.20. The molecule has 1 fully saturated rings. The van der Waals surface area contributed by atoms with Crippen molar-refractivity contribution < 1.29 is 13.5 Å². The van der Waals surface area contributed by atoms with Crippen LogP contribution >= 0.6 is 12.4 Å². The number of para-hydroxylation sites is 1. The molecule has 0 saturated carbocycles. The third-order valence-corrected chi connectivity index (χ3v) is 3.52. The van der Waals surface area contributed by atoms with Gasteiger partial charge in [-0.25, -0.2) is 0 Å². The summed E-state index contributed by atoms with van der Waals surface area (Å²) in [6, 6.07) is 6.98. The largest absolute Gasteiger partial charge is 0.434 e. The number of hydrogen-bond acceptors (Lipinski definition) is 3. The van der Waals surface area contributed by atoms with E-state index in [0.29, 0.717) is 19.0 Å². The molecular weight excluding hydrogens is 286 g/mol. The first-order chi connectivity index (χ1) is 9.19. The number of ether oxygens (including phenoxy) is 1. The van der Waals surface area contributed by atoms with Crippen molar-refractivity contribution >= 4 is 12.4 Å². The minimum Gasteiger partial charge on any atom is -0.434 e. The Kier molecular flexibility index (Phi) is 7.19. The van der Waals surface area contributed by atoms with Gasteiger partial charge in [-0.05, 0) is 37.9 Å². The van der Waals surface area contributed by atoms with Crippen LogP contribution in [-0.4, -0.2) is 31.1 Å². The zero-order valence-corrected chi connectivity index (χ0v) is 12.1. The molecule has 1 heterocycles. The molecular formula is C14H21ClF2N2O. The van der Waals surface area contributed by atoms with Crippen molar-refractivity contribution in [2.24, 2.45) is 11.7 Å². The molecule has 1 aromatic rings. The van der Waals surface area contributed by atoms with E-state index in [1.165, 1.54) is 0 Å². The summed E-state index contributed by atoms with van der Waals surface area (Å²) in [5, 5.41) is 0. The molecule has 1 atom stereocenters. The van der Waals surface area contributed by atoms with Gasteiger partial charge in [0.2, 0.25) is 0 Å². The maximum Gasteiger partial charge on any atom is 0.387 e. The summed E-state index contributed by atoms with van der Waals surface area (Å²) >= 11 is 0. The number of alkyl halides is 2. The number of hydrogen-bond donors (Lipinski definition) is 1. The van der Waals surface area contributed by atoms with E-state index in [0.717, 1.165) is 31.5 Å². The molecule has 114 valence electrons. The van der Waals surface area contributed by atoms with Crippen molar-refractivity contribution in [2.75, 3.05) is 19.6 Å². The Balaban J connectivity index is 0.00000200. The molecule has 1 saturated heterocycles. The van der Waals surface area contributed by atoms with Gasteiger partial charge in [0, 0.05) is 18.7 Å². The van der Waals surface area contributed by atoms with E-state index in [1.807, 2.05) is 12.1 Å². The summed E-state index contributed by atoms with van der Waals surface area (Å²) in [5.74, 6) is 0.782. The Morgan fingerprint density at radius 3 is 2.80 bits per heavy atom. The highest BCUT2D eigenvalue weighted by Crippen LogP contribution is 2.24. The Hall–Kier alpha value is -0.910. The Labute approximate surface area is 124 Å². The van der Waals surface area contributed by atoms with Gasteiger partial charge in [-0.1, -0.05) is 18.2 Å². The van der Waals surface area contributed by atoms with Crippen LogP contribution in [0.25, 0.3) is 0 Å². The zero-order chi connectivity index (χ0) is 13.7. The van der Waals surface area contributed by atoms with Crippen LogP contribution in [0.2, 0.25) is 0 Å². The number of likely N-dealkylation sites (tertiary alicyclic amines) is 1. The van der Waals surface area contributed by atoms with Crippen molar-refractivity contribution in [3.05, 3.63) is 29.8 Å². The van der Waals surface area contributed by atoms with Crippen molar-refractivity contribution in [1.82, 2.24) is 4.90 Å². The highest BCUT2D eigenvalue weighted by atomic mass is 35.5. The summed E-state index contributed by atoms with van der Waals surface area (Å²) in [6.07, 6.45) is 2.27. The second-order valence-corrected chi connectivity index (χ2v) is 4.97. The van der Waals surface area contributed by atoms with E-state index in [2.05, 4.69) is 9.64 Å². The third-order valence-electron chi connectivity index (χ3n) is 3.52. The first-order valence-corrected chi connectivity index (χ1v) is 6.64. The number of nitrogens with zero attached hydrogens (tertiary/aromatic N) is 1. The van der Waals surface area contributed by atoms with Gasteiger partial charge in [0.1, 0.15) is 5.75 Å². The lowest BCUT2D eigenvalue weighted by atomic mass is 9.98. The molecule has 0 aromatic heterocycles. The van der Waals surface area contributed by atoms with Crippen LogP contribution in [0.4, 0.5) is 8.78 Å². The SMILES string of the molecule is Cl.NCC1CCCN(Cc2ccccc2OC(F)F)C1. The zero-order valence-electron chi connectivity index (χ0n) is 11.3. The molecule has 0 bridgehead atoms. The fourth-order valence-corrected chi connectivity index (χ4v) is 2.57. The van der Waals surface area contributed by atoms with E-state index in [1.54, 1.807) is 12.1 Å². The summed E-state index contributed by atoms with van der Waals surface area (Å²) in [7, 11) is 0. The molecule has 0 aliphatic carbocycles. The molecule has 3 nitrogen and oxygen atoms in total.